The van der Waals surface area contributed by atoms with Crippen LogP contribution in [0.4, 0.5) is 0 Å². The molecule has 0 heteroatoms. The summed E-state index contributed by atoms with van der Waals surface area (Å²) in [5, 5.41) is 0. The number of benzene rings is 9. The van der Waals surface area contributed by atoms with Crippen LogP contribution in [0.5, 0.6) is 0 Å². The maximum atomic E-state index is 2.52. The molecule has 0 aliphatic rings. The maximum absolute atomic E-state index is 2.52. The molecule has 0 unspecified atom stereocenters. The smallest absolute Gasteiger partial charge is 0.00923 e. The Morgan fingerprint density at radius 1 is 0.250 bits per heavy atom. The van der Waals surface area contributed by atoms with Crippen LogP contribution in [0.1, 0.15) is 61.8 Å². The van der Waals surface area contributed by atoms with Crippen molar-refractivity contribution in [3.05, 3.63) is 229 Å². The number of aryl methyl sites for hydroxylation is 4. The standard InChI is InChI=1S/C64H58/c1-5-7-17-47-31-39-51(40-32-47)55-21-11-15-25-59(55)63-43-61(57-23-13-9-19-53(57)49-35-27-45(3)28-36-49)62(58-24-14-10-20-54(58)50-37-29-46(4)30-38-50)44-64(63)60-26-16-12-22-56(60)52-41-33-48(34-42-52)18-8-6-2/h9-16,19-44H,5-8,17-18H2,1-4H3. The molecule has 9 rings (SSSR count). The van der Waals surface area contributed by atoms with Gasteiger partial charge in [-0.25, -0.2) is 0 Å². The SMILES string of the molecule is CCCCc1ccc(-c2ccccc2-c2cc(-c3ccccc3-c3ccc(C)cc3)c(-c3ccccc3-c3ccc(C)cc3)cc2-c2ccccc2-c2ccc(CCCC)cc2)cc1. The van der Waals surface area contributed by atoms with Crippen molar-refractivity contribution in [3.8, 4) is 89.0 Å². The lowest BCUT2D eigenvalue weighted by atomic mass is 9.80. The van der Waals surface area contributed by atoms with Crippen LogP contribution in [0.2, 0.25) is 0 Å². The Morgan fingerprint density at radius 2 is 0.484 bits per heavy atom. The summed E-state index contributed by atoms with van der Waals surface area (Å²) in [5.41, 5.74) is 24.8. The topological polar surface area (TPSA) is 0 Å². The average molecular weight is 827 g/mol. The van der Waals surface area contributed by atoms with Crippen LogP contribution in [0.25, 0.3) is 89.0 Å². The van der Waals surface area contributed by atoms with Crippen molar-refractivity contribution in [1.29, 1.82) is 0 Å². The van der Waals surface area contributed by atoms with Crippen LogP contribution in [-0.4, -0.2) is 0 Å². The zero-order valence-electron chi connectivity index (χ0n) is 37.9. The van der Waals surface area contributed by atoms with Crippen LogP contribution in [0.3, 0.4) is 0 Å². The van der Waals surface area contributed by atoms with Gasteiger partial charge >= 0.3 is 0 Å². The molecule has 0 radical (unpaired) electrons. The first kappa shape index (κ1) is 42.3. The number of hydrogen-bond donors (Lipinski definition) is 0. The van der Waals surface area contributed by atoms with Gasteiger partial charge in [-0.2, -0.15) is 0 Å². The molecule has 0 aromatic heterocycles. The Balaban J connectivity index is 1.36. The minimum absolute atomic E-state index is 1.11. The van der Waals surface area contributed by atoms with Gasteiger partial charge < -0.3 is 0 Å². The summed E-state index contributed by atoms with van der Waals surface area (Å²) >= 11 is 0. The molecule has 0 heterocycles. The molecule has 0 saturated heterocycles. The zero-order chi connectivity index (χ0) is 43.8. The highest BCUT2D eigenvalue weighted by atomic mass is 14.3. The van der Waals surface area contributed by atoms with E-state index in [1.807, 2.05) is 0 Å². The number of unbranched alkanes of at least 4 members (excludes halogenated alkanes) is 2. The lowest BCUT2D eigenvalue weighted by Gasteiger charge is -2.23. The van der Waals surface area contributed by atoms with Gasteiger partial charge in [0.05, 0.1) is 0 Å². The third kappa shape index (κ3) is 9.06. The number of hydrogen-bond acceptors (Lipinski definition) is 0. The lowest BCUT2D eigenvalue weighted by molar-refractivity contribution is 0.795. The zero-order valence-corrected chi connectivity index (χ0v) is 37.9. The summed E-state index contributed by atoms with van der Waals surface area (Å²) in [6.45, 7) is 8.86. The van der Waals surface area contributed by atoms with Crippen LogP contribution in [0, 0.1) is 13.8 Å². The Morgan fingerprint density at radius 3 is 0.734 bits per heavy atom. The summed E-state index contributed by atoms with van der Waals surface area (Å²) < 4.78 is 0. The van der Waals surface area contributed by atoms with Crippen LogP contribution < -0.4 is 0 Å². The van der Waals surface area contributed by atoms with E-state index in [9.17, 15) is 0 Å². The minimum atomic E-state index is 1.11. The van der Waals surface area contributed by atoms with Gasteiger partial charge in [0.1, 0.15) is 0 Å². The fourth-order valence-corrected chi connectivity index (χ4v) is 9.30. The Kier molecular flexibility index (Phi) is 12.9. The molecule has 314 valence electrons. The summed E-state index contributed by atoms with van der Waals surface area (Å²) in [5.74, 6) is 0. The molecule has 0 spiro atoms. The van der Waals surface area contributed by atoms with E-state index < -0.39 is 0 Å². The van der Waals surface area contributed by atoms with Gasteiger partial charge in [-0.3, -0.25) is 0 Å². The van der Waals surface area contributed by atoms with Crippen molar-refractivity contribution < 1.29 is 0 Å². The van der Waals surface area contributed by atoms with E-state index in [2.05, 4.69) is 234 Å². The van der Waals surface area contributed by atoms with E-state index in [0.717, 1.165) is 12.8 Å². The fraction of sp³-hybridized carbons (Fsp3) is 0.156. The highest BCUT2D eigenvalue weighted by molar-refractivity contribution is 6.04. The summed E-state index contributed by atoms with van der Waals surface area (Å²) in [4.78, 5) is 0. The average Bonchev–Trinajstić information content (AvgIpc) is 3.35. The molecule has 0 amide bonds. The Hall–Kier alpha value is -7.02. The van der Waals surface area contributed by atoms with Crippen LogP contribution in [0.15, 0.2) is 206 Å². The summed E-state index contributed by atoms with van der Waals surface area (Å²) in [6.07, 6.45) is 7.00. The highest BCUT2D eigenvalue weighted by Crippen LogP contribution is 2.49. The minimum Gasteiger partial charge on any atom is -0.0654 e. The van der Waals surface area contributed by atoms with Crippen molar-refractivity contribution in [2.75, 3.05) is 0 Å². The summed E-state index contributed by atoms with van der Waals surface area (Å²) in [7, 11) is 0. The second-order valence-corrected chi connectivity index (χ2v) is 17.5. The fourth-order valence-electron chi connectivity index (χ4n) is 9.30. The first-order chi connectivity index (χ1) is 31.5. The highest BCUT2D eigenvalue weighted by Gasteiger charge is 2.23. The third-order valence-electron chi connectivity index (χ3n) is 12.9. The molecule has 64 heavy (non-hydrogen) atoms. The van der Waals surface area contributed by atoms with E-state index in [0.29, 0.717) is 0 Å². The molecule has 0 fully saturated rings. The monoisotopic (exact) mass is 826 g/mol. The molecule has 0 saturated carbocycles. The normalized spacial score (nSPS) is 11.2. The predicted molar refractivity (Wildman–Crippen MR) is 277 cm³/mol. The van der Waals surface area contributed by atoms with Crippen LogP contribution >= 0.6 is 0 Å². The van der Waals surface area contributed by atoms with Crippen LogP contribution in [-0.2, 0) is 12.8 Å². The van der Waals surface area contributed by atoms with Gasteiger partial charge in [0.25, 0.3) is 0 Å². The van der Waals surface area contributed by atoms with Gasteiger partial charge in [0.15, 0.2) is 0 Å². The molecule has 9 aromatic carbocycles. The van der Waals surface area contributed by atoms with E-state index in [4.69, 9.17) is 0 Å². The Bertz CT molecular complexity index is 2770. The molecule has 0 N–H and O–H groups in total. The van der Waals surface area contributed by atoms with Crippen molar-refractivity contribution in [3.63, 3.8) is 0 Å². The molecule has 9 aromatic rings. The molecule has 0 nitrogen and oxygen atoms in total. The van der Waals surface area contributed by atoms with Gasteiger partial charge in [-0.15, -0.1) is 0 Å². The quantitative estimate of drug-likeness (QED) is 0.102. The first-order valence-electron chi connectivity index (χ1n) is 23.4. The first-order valence-corrected chi connectivity index (χ1v) is 23.4. The van der Waals surface area contributed by atoms with E-state index >= 15 is 0 Å². The van der Waals surface area contributed by atoms with Crippen molar-refractivity contribution in [2.24, 2.45) is 0 Å². The van der Waals surface area contributed by atoms with E-state index in [1.54, 1.807) is 0 Å². The largest absolute Gasteiger partial charge is 0.0654 e. The van der Waals surface area contributed by atoms with Gasteiger partial charge in [0, 0.05) is 0 Å². The van der Waals surface area contributed by atoms with Crippen molar-refractivity contribution in [2.45, 2.75) is 66.2 Å². The van der Waals surface area contributed by atoms with E-state index in [-0.39, 0.29) is 0 Å². The van der Waals surface area contributed by atoms with Gasteiger partial charge in [-0.1, -0.05) is 232 Å². The van der Waals surface area contributed by atoms with E-state index in [1.165, 1.54) is 137 Å². The lowest BCUT2D eigenvalue weighted by Crippen LogP contribution is -1.97. The molecule has 0 aliphatic carbocycles. The van der Waals surface area contributed by atoms with Gasteiger partial charge in [0.2, 0.25) is 0 Å². The molecule has 0 bridgehead atoms. The van der Waals surface area contributed by atoms with Crippen molar-refractivity contribution in [1.82, 2.24) is 0 Å². The molecular formula is C64H58. The number of rotatable bonds is 14. The van der Waals surface area contributed by atoms with Crippen molar-refractivity contribution >= 4 is 0 Å². The second kappa shape index (κ2) is 19.6. The third-order valence-corrected chi connectivity index (χ3v) is 12.9. The molecular weight excluding hydrogens is 769 g/mol. The predicted octanol–water partition coefficient (Wildman–Crippen LogP) is 18.3. The molecule has 0 atom stereocenters. The second-order valence-electron chi connectivity index (χ2n) is 17.5. The maximum Gasteiger partial charge on any atom is -0.00923 e. The Labute approximate surface area is 382 Å². The summed E-state index contributed by atoms with van der Waals surface area (Å²) in [6, 6.07) is 77.7. The molecule has 0 aliphatic heterocycles. The van der Waals surface area contributed by atoms with Gasteiger partial charge in [-0.05, 0) is 152 Å².